The third kappa shape index (κ3) is 5.64. The summed E-state index contributed by atoms with van der Waals surface area (Å²) in [5.74, 6) is 1.51. The highest BCUT2D eigenvalue weighted by Crippen LogP contribution is 2.34. The number of nitrogens with one attached hydrogen (secondary N) is 1. The van der Waals surface area contributed by atoms with E-state index in [9.17, 15) is 0 Å². The molecule has 0 bridgehead atoms. The van der Waals surface area contributed by atoms with E-state index in [4.69, 9.17) is 9.47 Å². The van der Waals surface area contributed by atoms with Crippen LogP contribution in [-0.2, 0) is 19.6 Å². The predicted octanol–water partition coefficient (Wildman–Crippen LogP) is 6.69. The van der Waals surface area contributed by atoms with Gasteiger partial charge in [-0.3, -0.25) is 0 Å². The molecule has 0 amide bonds. The summed E-state index contributed by atoms with van der Waals surface area (Å²) in [6.45, 7) is 7.19. The predicted molar refractivity (Wildman–Crippen MR) is 124 cm³/mol. The minimum absolute atomic E-state index is 0.481. The molecule has 0 radical (unpaired) electrons. The highest BCUT2D eigenvalue weighted by molar-refractivity contribution is 9.10. The molecular formula is C25H26BrNO2. The average molecular weight is 452 g/mol. The lowest BCUT2D eigenvalue weighted by Crippen LogP contribution is -2.05. The Labute approximate surface area is 181 Å². The van der Waals surface area contributed by atoms with Gasteiger partial charge in [0.2, 0.25) is 0 Å². The van der Waals surface area contributed by atoms with E-state index in [1.807, 2.05) is 48.5 Å². The molecule has 0 saturated heterocycles. The number of hydrogen-bond acceptors (Lipinski definition) is 3. The summed E-state index contributed by atoms with van der Waals surface area (Å²) in [7, 11) is 1.68. The van der Waals surface area contributed by atoms with Gasteiger partial charge in [0.1, 0.15) is 6.61 Å². The van der Waals surface area contributed by atoms with Crippen molar-refractivity contribution in [2.24, 2.45) is 0 Å². The maximum absolute atomic E-state index is 6.17. The Morgan fingerprint density at radius 3 is 2.48 bits per heavy atom. The SMILES string of the molecule is C=CCc1cc(CNc2ccccc2C)cc(OC)c1OCc1ccc(Br)cc1. The molecule has 150 valence electrons. The largest absolute Gasteiger partial charge is 0.493 e. The third-order valence-corrected chi connectivity index (χ3v) is 5.23. The summed E-state index contributed by atoms with van der Waals surface area (Å²) in [4.78, 5) is 0. The Balaban J connectivity index is 1.81. The maximum atomic E-state index is 6.17. The van der Waals surface area contributed by atoms with Gasteiger partial charge in [0.05, 0.1) is 7.11 Å². The zero-order valence-corrected chi connectivity index (χ0v) is 18.5. The van der Waals surface area contributed by atoms with Crippen molar-refractivity contribution in [3.63, 3.8) is 0 Å². The Kier molecular flexibility index (Phi) is 7.36. The number of ether oxygens (including phenoxy) is 2. The molecule has 0 aliphatic carbocycles. The van der Waals surface area contributed by atoms with Crippen LogP contribution in [0.2, 0.25) is 0 Å². The Morgan fingerprint density at radius 1 is 1.03 bits per heavy atom. The lowest BCUT2D eigenvalue weighted by Gasteiger charge is -2.17. The summed E-state index contributed by atoms with van der Waals surface area (Å²) < 4.78 is 12.9. The van der Waals surface area contributed by atoms with Crippen molar-refractivity contribution in [3.8, 4) is 11.5 Å². The summed E-state index contributed by atoms with van der Waals surface area (Å²) in [5.41, 5.74) is 5.66. The van der Waals surface area contributed by atoms with Crippen LogP contribution in [-0.4, -0.2) is 7.11 Å². The maximum Gasteiger partial charge on any atom is 0.165 e. The molecule has 4 heteroatoms. The van der Waals surface area contributed by atoms with Crippen LogP contribution in [0.3, 0.4) is 0 Å². The van der Waals surface area contributed by atoms with Gasteiger partial charge in [-0.25, -0.2) is 0 Å². The first-order valence-electron chi connectivity index (χ1n) is 9.58. The highest BCUT2D eigenvalue weighted by atomic mass is 79.9. The fourth-order valence-corrected chi connectivity index (χ4v) is 3.42. The van der Waals surface area contributed by atoms with Crippen LogP contribution in [0.5, 0.6) is 11.5 Å². The van der Waals surface area contributed by atoms with E-state index >= 15 is 0 Å². The molecule has 0 aliphatic rings. The zero-order chi connectivity index (χ0) is 20.6. The number of methoxy groups -OCH3 is 1. The molecule has 0 saturated carbocycles. The van der Waals surface area contributed by atoms with Crippen LogP contribution < -0.4 is 14.8 Å². The molecule has 0 atom stereocenters. The second kappa shape index (κ2) is 10.2. The van der Waals surface area contributed by atoms with Gasteiger partial charge in [-0.1, -0.05) is 52.3 Å². The van der Waals surface area contributed by atoms with Gasteiger partial charge in [0, 0.05) is 22.3 Å². The van der Waals surface area contributed by atoms with Gasteiger partial charge in [0.15, 0.2) is 11.5 Å². The van der Waals surface area contributed by atoms with Gasteiger partial charge in [-0.2, -0.15) is 0 Å². The molecule has 1 N–H and O–H groups in total. The van der Waals surface area contributed by atoms with Crippen LogP contribution in [0.15, 0.2) is 77.8 Å². The van der Waals surface area contributed by atoms with Gasteiger partial charge in [-0.05, 0) is 60.4 Å². The number of hydrogen-bond donors (Lipinski definition) is 1. The number of anilines is 1. The fraction of sp³-hybridized carbons (Fsp3) is 0.200. The topological polar surface area (TPSA) is 30.5 Å². The van der Waals surface area contributed by atoms with Crippen LogP contribution in [0.25, 0.3) is 0 Å². The van der Waals surface area contributed by atoms with Gasteiger partial charge in [0.25, 0.3) is 0 Å². The van der Waals surface area contributed by atoms with Crippen LogP contribution in [0, 0.1) is 6.92 Å². The van der Waals surface area contributed by atoms with Crippen molar-refractivity contribution in [3.05, 3.63) is 100 Å². The van der Waals surface area contributed by atoms with Crippen molar-refractivity contribution >= 4 is 21.6 Å². The second-order valence-electron chi connectivity index (χ2n) is 6.86. The molecule has 0 spiro atoms. The van der Waals surface area contributed by atoms with Gasteiger partial charge >= 0.3 is 0 Å². The highest BCUT2D eigenvalue weighted by Gasteiger charge is 2.13. The number of aryl methyl sites for hydroxylation is 1. The first kappa shape index (κ1) is 21.0. The summed E-state index contributed by atoms with van der Waals surface area (Å²) in [5, 5.41) is 3.51. The van der Waals surface area contributed by atoms with E-state index in [-0.39, 0.29) is 0 Å². The smallest absolute Gasteiger partial charge is 0.165 e. The lowest BCUT2D eigenvalue weighted by molar-refractivity contribution is 0.281. The quantitative estimate of drug-likeness (QED) is 0.367. The van der Waals surface area contributed by atoms with Crippen molar-refractivity contribution in [2.45, 2.75) is 26.5 Å². The van der Waals surface area contributed by atoms with E-state index < -0.39 is 0 Å². The second-order valence-corrected chi connectivity index (χ2v) is 7.78. The molecule has 3 nitrogen and oxygen atoms in total. The minimum atomic E-state index is 0.481. The monoisotopic (exact) mass is 451 g/mol. The van der Waals surface area contributed by atoms with E-state index in [0.29, 0.717) is 19.6 Å². The third-order valence-electron chi connectivity index (χ3n) is 4.70. The van der Waals surface area contributed by atoms with E-state index in [1.54, 1.807) is 7.11 Å². The van der Waals surface area contributed by atoms with Gasteiger partial charge in [-0.15, -0.1) is 6.58 Å². The minimum Gasteiger partial charge on any atom is -0.493 e. The summed E-state index contributed by atoms with van der Waals surface area (Å²) in [6.07, 6.45) is 2.60. The first-order valence-corrected chi connectivity index (χ1v) is 10.4. The lowest BCUT2D eigenvalue weighted by atomic mass is 10.0. The number of allylic oxidation sites excluding steroid dienone is 1. The number of rotatable bonds is 9. The normalized spacial score (nSPS) is 10.4. The standard InChI is InChI=1S/C25H26BrNO2/c1-4-7-21-14-20(16-27-23-9-6-5-8-18(23)2)15-24(28-3)25(21)29-17-19-10-12-22(26)13-11-19/h4-6,8-15,27H,1,7,16-17H2,2-3H3. The van der Waals surface area contributed by atoms with Crippen LogP contribution in [0.4, 0.5) is 5.69 Å². The molecule has 3 rings (SSSR count). The van der Waals surface area contributed by atoms with Crippen molar-refractivity contribution < 1.29 is 9.47 Å². The number of para-hydroxylation sites is 1. The average Bonchev–Trinajstić information content (AvgIpc) is 2.73. The van der Waals surface area contributed by atoms with Crippen LogP contribution >= 0.6 is 15.9 Å². The van der Waals surface area contributed by atoms with Crippen LogP contribution in [0.1, 0.15) is 22.3 Å². The Hall–Kier alpha value is -2.72. The molecule has 29 heavy (non-hydrogen) atoms. The first-order chi connectivity index (χ1) is 14.1. The molecule has 3 aromatic carbocycles. The van der Waals surface area contributed by atoms with Crippen molar-refractivity contribution in [1.82, 2.24) is 0 Å². The van der Waals surface area contributed by atoms with Crippen molar-refractivity contribution in [2.75, 3.05) is 12.4 Å². The summed E-state index contributed by atoms with van der Waals surface area (Å²) >= 11 is 3.46. The van der Waals surface area contributed by atoms with Crippen molar-refractivity contribution in [1.29, 1.82) is 0 Å². The molecule has 0 aliphatic heterocycles. The van der Waals surface area contributed by atoms with Gasteiger partial charge < -0.3 is 14.8 Å². The summed E-state index contributed by atoms with van der Waals surface area (Å²) in [6, 6.07) is 20.6. The zero-order valence-electron chi connectivity index (χ0n) is 16.9. The molecule has 0 unspecified atom stereocenters. The molecule has 0 heterocycles. The Morgan fingerprint density at radius 2 is 1.79 bits per heavy atom. The van der Waals surface area contributed by atoms with E-state index in [2.05, 4.69) is 52.9 Å². The number of benzene rings is 3. The van der Waals surface area contributed by atoms with E-state index in [1.165, 1.54) is 5.56 Å². The molecule has 0 fully saturated rings. The molecule has 3 aromatic rings. The fourth-order valence-electron chi connectivity index (χ4n) is 3.15. The molecule has 0 aromatic heterocycles. The Bertz CT molecular complexity index is 967. The number of halogens is 1. The molecular weight excluding hydrogens is 426 g/mol. The van der Waals surface area contributed by atoms with E-state index in [0.717, 1.165) is 38.3 Å².